The van der Waals surface area contributed by atoms with Crippen LogP contribution in [0.4, 0.5) is 11.4 Å². The topological polar surface area (TPSA) is 60.9 Å². The molecule has 4 rings (SSSR count). The Hall–Kier alpha value is -3.86. The lowest BCUT2D eigenvalue weighted by Gasteiger charge is -2.27. The van der Waals surface area contributed by atoms with Gasteiger partial charge in [-0.15, -0.1) is 0 Å². The molecular formula is C30H32N2O3. The van der Waals surface area contributed by atoms with Crippen LogP contribution in [0.5, 0.6) is 0 Å². The number of aliphatic hydroxyl groups excluding tert-OH is 1. The predicted octanol–water partition coefficient (Wildman–Crippen LogP) is 6.08. The molecule has 1 aliphatic rings. The van der Waals surface area contributed by atoms with Crippen molar-refractivity contribution in [2.24, 2.45) is 0 Å². The average molecular weight is 469 g/mol. The molecule has 0 saturated carbocycles. The first-order chi connectivity index (χ1) is 16.8. The van der Waals surface area contributed by atoms with Gasteiger partial charge in [0.25, 0.3) is 11.7 Å². The van der Waals surface area contributed by atoms with Crippen LogP contribution >= 0.6 is 0 Å². The molecule has 1 atom stereocenters. The minimum Gasteiger partial charge on any atom is -0.507 e. The Labute approximate surface area is 207 Å². The molecule has 1 aliphatic heterocycles. The zero-order chi connectivity index (χ0) is 25.3. The van der Waals surface area contributed by atoms with Gasteiger partial charge >= 0.3 is 0 Å². The Kier molecular flexibility index (Phi) is 6.79. The molecule has 180 valence electrons. The summed E-state index contributed by atoms with van der Waals surface area (Å²) in [5.74, 6) is -1.47. The lowest BCUT2D eigenvalue weighted by molar-refractivity contribution is -0.132. The van der Waals surface area contributed by atoms with Gasteiger partial charge in [-0.3, -0.25) is 14.5 Å². The molecule has 35 heavy (non-hydrogen) atoms. The number of amides is 1. The van der Waals surface area contributed by atoms with Gasteiger partial charge in [0.15, 0.2) is 0 Å². The zero-order valence-corrected chi connectivity index (χ0v) is 21.0. The maximum absolute atomic E-state index is 13.4. The average Bonchev–Trinajstić information content (AvgIpc) is 3.12. The van der Waals surface area contributed by atoms with E-state index in [1.807, 2.05) is 81.4 Å². The maximum atomic E-state index is 13.4. The minimum absolute atomic E-state index is 0.107. The first-order valence-electron chi connectivity index (χ1n) is 12.1. The molecule has 5 heteroatoms. The number of benzene rings is 3. The molecular weight excluding hydrogens is 436 g/mol. The summed E-state index contributed by atoms with van der Waals surface area (Å²) in [7, 11) is 0. The highest BCUT2D eigenvalue weighted by Gasteiger charge is 2.47. The Bertz CT molecular complexity index is 1300. The normalized spacial score (nSPS) is 17.2. The molecule has 1 heterocycles. The van der Waals surface area contributed by atoms with E-state index in [0.29, 0.717) is 11.3 Å². The standard InChI is InChI=1S/C30H32N2O3/c1-6-31(7-2)24-15-13-22(14-16-24)27-26(28(33)23-12-11-20(4)21(5)18-23)29(34)30(35)32(27)25-10-8-9-19(3)17-25/h8-18,27,33H,6-7H2,1-5H3/b28-26-. The van der Waals surface area contributed by atoms with Crippen molar-refractivity contribution in [2.75, 3.05) is 22.9 Å². The van der Waals surface area contributed by atoms with Crippen molar-refractivity contribution in [1.29, 1.82) is 0 Å². The zero-order valence-electron chi connectivity index (χ0n) is 21.0. The highest BCUT2D eigenvalue weighted by Crippen LogP contribution is 2.42. The van der Waals surface area contributed by atoms with E-state index in [4.69, 9.17) is 0 Å². The summed E-state index contributed by atoms with van der Waals surface area (Å²) in [5.41, 5.74) is 6.17. The third-order valence-corrected chi connectivity index (χ3v) is 6.84. The van der Waals surface area contributed by atoms with Crippen LogP contribution in [0.1, 0.15) is 47.7 Å². The number of aryl methyl sites for hydroxylation is 3. The number of anilines is 2. The van der Waals surface area contributed by atoms with Crippen LogP contribution in [0.3, 0.4) is 0 Å². The van der Waals surface area contributed by atoms with Crippen molar-refractivity contribution < 1.29 is 14.7 Å². The van der Waals surface area contributed by atoms with Crippen molar-refractivity contribution in [2.45, 2.75) is 40.7 Å². The molecule has 1 N–H and O–H groups in total. The van der Waals surface area contributed by atoms with E-state index >= 15 is 0 Å². The molecule has 0 spiro atoms. The fraction of sp³-hybridized carbons (Fsp3) is 0.267. The lowest BCUT2D eigenvalue weighted by atomic mass is 9.94. The summed E-state index contributed by atoms with van der Waals surface area (Å²) in [5, 5.41) is 11.4. The van der Waals surface area contributed by atoms with E-state index in [2.05, 4.69) is 18.7 Å². The maximum Gasteiger partial charge on any atom is 0.300 e. The molecule has 0 aliphatic carbocycles. The number of carbonyl (C=O) groups is 2. The molecule has 3 aromatic carbocycles. The van der Waals surface area contributed by atoms with Crippen molar-refractivity contribution in [1.82, 2.24) is 0 Å². The first-order valence-corrected chi connectivity index (χ1v) is 12.1. The van der Waals surface area contributed by atoms with Gasteiger partial charge < -0.3 is 10.0 Å². The molecule has 3 aromatic rings. The minimum atomic E-state index is -0.732. The fourth-order valence-electron chi connectivity index (χ4n) is 4.69. The Morgan fingerprint density at radius 2 is 1.57 bits per heavy atom. The number of nitrogens with zero attached hydrogens (tertiary/aromatic N) is 2. The second kappa shape index (κ2) is 9.79. The summed E-state index contributed by atoms with van der Waals surface area (Å²) in [6.45, 7) is 11.9. The summed E-state index contributed by atoms with van der Waals surface area (Å²) < 4.78 is 0. The smallest absolute Gasteiger partial charge is 0.300 e. The SMILES string of the molecule is CCN(CC)c1ccc(C2/C(=C(/O)c3ccc(C)c(C)c3)C(=O)C(=O)N2c2cccc(C)c2)cc1. The molecule has 1 saturated heterocycles. The lowest BCUT2D eigenvalue weighted by Crippen LogP contribution is -2.29. The first kappa shape index (κ1) is 24.3. The third-order valence-electron chi connectivity index (χ3n) is 6.84. The van der Waals surface area contributed by atoms with E-state index in [-0.39, 0.29) is 11.3 Å². The Balaban J connectivity index is 1.91. The van der Waals surface area contributed by atoms with E-state index in [9.17, 15) is 14.7 Å². The third kappa shape index (κ3) is 4.46. The number of Topliss-reactive ketones (excluding diaryl/α,β-unsaturated/α-hetero) is 1. The summed E-state index contributed by atoms with van der Waals surface area (Å²) in [4.78, 5) is 30.5. The molecule has 1 unspecified atom stereocenters. The van der Waals surface area contributed by atoms with Gasteiger partial charge in [0.05, 0.1) is 11.6 Å². The summed E-state index contributed by atoms with van der Waals surface area (Å²) in [6, 6.07) is 20.3. The van der Waals surface area contributed by atoms with Crippen molar-refractivity contribution in [3.8, 4) is 0 Å². The number of aliphatic hydroxyl groups is 1. The largest absolute Gasteiger partial charge is 0.507 e. The van der Waals surface area contributed by atoms with Crippen LogP contribution in [0.15, 0.2) is 72.3 Å². The van der Waals surface area contributed by atoms with E-state index in [1.54, 1.807) is 6.07 Å². The molecule has 1 amide bonds. The molecule has 0 bridgehead atoms. The second-order valence-electron chi connectivity index (χ2n) is 9.07. The van der Waals surface area contributed by atoms with Crippen LogP contribution in [-0.4, -0.2) is 29.9 Å². The van der Waals surface area contributed by atoms with E-state index in [1.165, 1.54) is 4.90 Å². The van der Waals surface area contributed by atoms with Crippen molar-refractivity contribution in [3.63, 3.8) is 0 Å². The number of carbonyl (C=O) groups excluding carboxylic acids is 2. The van der Waals surface area contributed by atoms with Gasteiger partial charge in [-0.25, -0.2) is 0 Å². The van der Waals surface area contributed by atoms with Gasteiger partial charge in [-0.2, -0.15) is 0 Å². The summed E-state index contributed by atoms with van der Waals surface area (Å²) >= 11 is 0. The molecule has 0 aromatic heterocycles. The van der Waals surface area contributed by atoms with Gasteiger partial charge in [0, 0.05) is 30.0 Å². The van der Waals surface area contributed by atoms with Gasteiger partial charge in [0.2, 0.25) is 0 Å². The Morgan fingerprint density at radius 1 is 0.886 bits per heavy atom. The van der Waals surface area contributed by atoms with E-state index < -0.39 is 17.7 Å². The van der Waals surface area contributed by atoms with Crippen LogP contribution in [0, 0.1) is 20.8 Å². The fourth-order valence-corrected chi connectivity index (χ4v) is 4.69. The van der Waals surface area contributed by atoms with E-state index in [0.717, 1.165) is 41.0 Å². The van der Waals surface area contributed by atoms with Crippen molar-refractivity contribution >= 4 is 28.8 Å². The highest BCUT2D eigenvalue weighted by atomic mass is 16.3. The second-order valence-corrected chi connectivity index (χ2v) is 9.07. The highest BCUT2D eigenvalue weighted by molar-refractivity contribution is 6.51. The summed E-state index contributed by atoms with van der Waals surface area (Å²) in [6.07, 6.45) is 0. The van der Waals surface area contributed by atoms with Gasteiger partial charge in [0.1, 0.15) is 5.76 Å². The van der Waals surface area contributed by atoms with Crippen molar-refractivity contribution in [3.05, 3.63) is 100 Å². The van der Waals surface area contributed by atoms with Crippen LogP contribution in [-0.2, 0) is 9.59 Å². The quantitative estimate of drug-likeness (QED) is 0.270. The van der Waals surface area contributed by atoms with Crippen LogP contribution < -0.4 is 9.80 Å². The van der Waals surface area contributed by atoms with Gasteiger partial charge in [-0.1, -0.05) is 36.4 Å². The monoisotopic (exact) mass is 468 g/mol. The van der Waals surface area contributed by atoms with Crippen LogP contribution in [0.25, 0.3) is 5.76 Å². The number of rotatable bonds is 6. The predicted molar refractivity (Wildman–Crippen MR) is 142 cm³/mol. The molecule has 0 radical (unpaired) electrons. The van der Waals surface area contributed by atoms with Crippen LogP contribution in [0.2, 0.25) is 0 Å². The van der Waals surface area contributed by atoms with Gasteiger partial charge in [-0.05, 0) is 87.2 Å². The molecule has 1 fully saturated rings. The molecule has 5 nitrogen and oxygen atoms in total. The Morgan fingerprint density at radius 3 is 2.17 bits per heavy atom. The number of hydrogen-bond acceptors (Lipinski definition) is 4. The number of hydrogen-bond donors (Lipinski definition) is 1. The number of ketones is 1.